The standard InChI is InChI=1S/C63H38N4O2/c1-4-17-39(18-5-1)42-35-36-52-50(38-42)46-25-10-11-30-51(46)67(52)53-31-16-34-56-59(53)58-47(27-15-33-55(58)68-56)48-28-13-29-49-57-45(26-14-32-54(57)69-60(48)49)43-23-12-24-44(37-43)63-65-61(40-19-6-2-7-20-40)64-62(66-63)41-21-8-3-9-22-41/h1-38H. The molecular weight excluding hydrogens is 845 g/mol. The van der Waals surface area contributed by atoms with E-state index < -0.39 is 0 Å². The fourth-order valence-electron chi connectivity index (χ4n) is 10.4. The summed E-state index contributed by atoms with van der Waals surface area (Å²) in [6.45, 7) is 0. The summed E-state index contributed by atoms with van der Waals surface area (Å²) in [7, 11) is 0. The third-order valence-corrected chi connectivity index (χ3v) is 13.5. The Morgan fingerprint density at radius 1 is 0.290 bits per heavy atom. The van der Waals surface area contributed by atoms with Crippen LogP contribution in [0, 0.1) is 0 Å². The first kappa shape index (κ1) is 38.8. The summed E-state index contributed by atoms with van der Waals surface area (Å²) in [6, 6.07) is 80.3. The Bertz CT molecular complexity index is 4250. The smallest absolute Gasteiger partial charge is 0.164 e. The maximum absolute atomic E-state index is 6.98. The molecule has 0 spiro atoms. The van der Waals surface area contributed by atoms with E-state index in [1.807, 2.05) is 60.7 Å². The molecule has 0 N–H and O–H groups in total. The van der Waals surface area contributed by atoms with Crippen molar-refractivity contribution in [3.05, 3.63) is 231 Å². The van der Waals surface area contributed by atoms with E-state index in [0.717, 1.165) is 99.5 Å². The zero-order valence-corrected chi connectivity index (χ0v) is 37.0. The molecule has 0 unspecified atom stereocenters. The molecule has 10 aromatic carbocycles. The molecule has 0 aliphatic carbocycles. The average molecular weight is 883 g/mol. The summed E-state index contributed by atoms with van der Waals surface area (Å²) in [4.78, 5) is 15.0. The van der Waals surface area contributed by atoms with E-state index in [-0.39, 0.29) is 0 Å². The zero-order valence-electron chi connectivity index (χ0n) is 37.0. The first-order chi connectivity index (χ1) is 34.2. The molecule has 0 saturated heterocycles. The molecule has 6 nitrogen and oxygen atoms in total. The van der Waals surface area contributed by atoms with Crippen LogP contribution in [0.25, 0.3) is 139 Å². The van der Waals surface area contributed by atoms with Crippen molar-refractivity contribution < 1.29 is 8.83 Å². The fourth-order valence-corrected chi connectivity index (χ4v) is 10.4. The molecule has 0 saturated carbocycles. The zero-order chi connectivity index (χ0) is 45.4. The number of nitrogens with zero attached hydrogens (tertiary/aromatic N) is 4. The van der Waals surface area contributed by atoms with Crippen molar-refractivity contribution in [2.45, 2.75) is 0 Å². The predicted molar refractivity (Wildman–Crippen MR) is 281 cm³/mol. The van der Waals surface area contributed by atoms with Crippen LogP contribution in [0.4, 0.5) is 0 Å². The maximum Gasteiger partial charge on any atom is 0.164 e. The molecule has 6 heteroatoms. The van der Waals surface area contributed by atoms with Crippen molar-refractivity contribution in [3.8, 4) is 73.2 Å². The first-order valence-corrected chi connectivity index (χ1v) is 23.2. The van der Waals surface area contributed by atoms with Crippen LogP contribution in [0.2, 0.25) is 0 Å². The molecule has 69 heavy (non-hydrogen) atoms. The lowest BCUT2D eigenvalue weighted by molar-refractivity contribution is 0.668. The van der Waals surface area contributed by atoms with Gasteiger partial charge in [0.25, 0.3) is 0 Å². The van der Waals surface area contributed by atoms with Crippen LogP contribution >= 0.6 is 0 Å². The molecular formula is C63H38N4O2. The van der Waals surface area contributed by atoms with Gasteiger partial charge in [-0.15, -0.1) is 0 Å². The van der Waals surface area contributed by atoms with E-state index in [1.54, 1.807) is 0 Å². The highest BCUT2D eigenvalue weighted by Crippen LogP contribution is 2.46. The lowest BCUT2D eigenvalue weighted by Crippen LogP contribution is -2.00. The van der Waals surface area contributed by atoms with Crippen molar-refractivity contribution in [1.29, 1.82) is 0 Å². The van der Waals surface area contributed by atoms with Crippen molar-refractivity contribution in [2.24, 2.45) is 0 Å². The van der Waals surface area contributed by atoms with Crippen LogP contribution in [-0.4, -0.2) is 19.5 Å². The molecule has 0 aliphatic rings. The summed E-state index contributed by atoms with van der Waals surface area (Å²) < 4.78 is 16.1. The van der Waals surface area contributed by atoms with Crippen molar-refractivity contribution in [1.82, 2.24) is 19.5 Å². The summed E-state index contributed by atoms with van der Waals surface area (Å²) in [5, 5.41) is 6.56. The summed E-state index contributed by atoms with van der Waals surface area (Å²) in [5.41, 5.74) is 15.9. The van der Waals surface area contributed by atoms with Crippen LogP contribution in [0.3, 0.4) is 0 Å². The lowest BCUT2D eigenvalue weighted by Gasteiger charge is -2.11. The number of para-hydroxylation sites is 2. The Kier molecular flexibility index (Phi) is 8.79. The molecule has 0 aliphatic heterocycles. The van der Waals surface area contributed by atoms with Gasteiger partial charge < -0.3 is 13.4 Å². The quantitative estimate of drug-likeness (QED) is 0.159. The molecule has 0 bridgehead atoms. The summed E-state index contributed by atoms with van der Waals surface area (Å²) in [5.74, 6) is 1.86. The van der Waals surface area contributed by atoms with Crippen LogP contribution in [0.1, 0.15) is 0 Å². The van der Waals surface area contributed by atoms with E-state index in [2.05, 4.69) is 174 Å². The third kappa shape index (κ3) is 6.30. The molecule has 322 valence electrons. The Morgan fingerprint density at radius 3 is 1.55 bits per heavy atom. The van der Waals surface area contributed by atoms with Gasteiger partial charge in [-0.05, 0) is 76.3 Å². The highest BCUT2D eigenvalue weighted by molar-refractivity contribution is 6.22. The van der Waals surface area contributed by atoms with Crippen LogP contribution < -0.4 is 0 Å². The number of rotatable bonds is 7. The van der Waals surface area contributed by atoms with Gasteiger partial charge in [0.15, 0.2) is 17.5 Å². The largest absolute Gasteiger partial charge is 0.456 e. The summed E-state index contributed by atoms with van der Waals surface area (Å²) in [6.07, 6.45) is 0. The van der Waals surface area contributed by atoms with Gasteiger partial charge in [-0.1, -0.05) is 182 Å². The number of benzene rings is 10. The number of fused-ring (bicyclic) bond motifs is 9. The van der Waals surface area contributed by atoms with Gasteiger partial charge in [-0.3, -0.25) is 0 Å². The van der Waals surface area contributed by atoms with Gasteiger partial charge in [-0.25, -0.2) is 15.0 Å². The SMILES string of the molecule is c1ccc(-c2ccc3c(c2)c2ccccc2n3-c2cccc3oc4cccc(-c5cccc6c5oc5cccc(-c7cccc(-c8nc(-c9ccccc9)nc(-c9ccccc9)n8)c7)c56)c4c23)cc1. The number of aromatic nitrogens is 4. The fraction of sp³-hybridized carbons (Fsp3) is 0. The van der Waals surface area contributed by atoms with Crippen LogP contribution in [-0.2, 0) is 0 Å². The second-order valence-electron chi connectivity index (χ2n) is 17.5. The molecule has 0 radical (unpaired) electrons. The van der Waals surface area contributed by atoms with Crippen molar-refractivity contribution >= 4 is 65.7 Å². The van der Waals surface area contributed by atoms with Gasteiger partial charge in [0.2, 0.25) is 0 Å². The van der Waals surface area contributed by atoms with E-state index in [1.165, 1.54) is 21.9 Å². The second kappa shape index (κ2) is 15.6. The molecule has 0 fully saturated rings. The lowest BCUT2D eigenvalue weighted by atomic mass is 9.94. The molecule has 14 rings (SSSR count). The summed E-state index contributed by atoms with van der Waals surface area (Å²) >= 11 is 0. The third-order valence-electron chi connectivity index (χ3n) is 13.5. The molecule has 0 atom stereocenters. The van der Waals surface area contributed by atoms with E-state index in [0.29, 0.717) is 17.5 Å². The van der Waals surface area contributed by atoms with Crippen molar-refractivity contribution in [3.63, 3.8) is 0 Å². The maximum atomic E-state index is 6.98. The Balaban J connectivity index is 0.934. The highest BCUT2D eigenvalue weighted by Gasteiger charge is 2.23. The monoisotopic (exact) mass is 882 g/mol. The number of hydrogen-bond acceptors (Lipinski definition) is 5. The second-order valence-corrected chi connectivity index (χ2v) is 17.5. The van der Waals surface area contributed by atoms with Gasteiger partial charge in [0.1, 0.15) is 22.3 Å². The minimum absolute atomic E-state index is 0.605. The Morgan fingerprint density at radius 2 is 0.812 bits per heavy atom. The molecule has 14 aromatic rings. The van der Waals surface area contributed by atoms with E-state index >= 15 is 0 Å². The normalized spacial score (nSPS) is 11.8. The van der Waals surface area contributed by atoms with Gasteiger partial charge in [0, 0.05) is 49.2 Å². The van der Waals surface area contributed by atoms with E-state index in [9.17, 15) is 0 Å². The van der Waals surface area contributed by atoms with Crippen molar-refractivity contribution in [2.75, 3.05) is 0 Å². The topological polar surface area (TPSA) is 69.9 Å². The number of furan rings is 2. The van der Waals surface area contributed by atoms with E-state index in [4.69, 9.17) is 23.8 Å². The molecule has 4 heterocycles. The van der Waals surface area contributed by atoms with Crippen LogP contribution in [0.5, 0.6) is 0 Å². The van der Waals surface area contributed by atoms with Gasteiger partial charge in [-0.2, -0.15) is 0 Å². The molecule has 0 amide bonds. The first-order valence-electron chi connectivity index (χ1n) is 23.2. The Labute approximate surface area is 396 Å². The average Bonchev–Trinajstić information content (AvgIpc) is 4.11. The molecule has 4 aromatic heterocycles. The Hall–Kier alpha value is -9.39. The van der Waals surface area contributed by atoms with Crippen LogP contribution in [0.15, 0.2) is 239 Å². The number of hydrogen-bond donors (Lipinski definition) is 0. The highest BCUT2D eigenvalue weighted by atomic mass is 16.3. The predicted octanol–water partition coefficient (Wildman–Crippen LogP) is 16.8. The minimum Gasteiger partial charge on any atom is -0.456 e. The minimum atomic E-state index is 0.605. The van der Waals surface area contributed by atoms with Gasteiger partial charge in [0.05, 0.1) is 22.1 Å². The van der Waals surface area contributed by atoms with Gasteiger partial charge >= 0.3 is 0 Å².